The molecular weight excluding hydrogens is 242 g/mol. The van der Waals surface area contributed by atoms with Crippen molar-refractivity contribution in [2.75, 3.05) is 24.7 Å². The van der Waals surface area contributed by atoms with Gasteiger partial charge in [-0.3, -0.25) is 0 Å². The lowest BCUT2D eigenvalue weighted by atomic mass is 9.67. The molecule has 1 aromatic rings. The molecule has 1 aliphatic rings. The summed E-state index contributed by atoms with van der Waals surface area (Å²) in [6.45, 7) is 3.06. The Bertz CT molecular complexity index is 464. The zero-order valence-electron chi connectivity index (χ0n) is 11.5. The van der Waals surface area contributed by atoms with Gasteiger partial charge in [-0.25, -0.2) is 9.78 Å². The van der Waals surface area contributed by atoms with E-state index in [0.717, 1.165) is 13.0 Å². The average molecular weight is 263 g/mol. The first-order chi connectivity index (χ1) is 9.12. The first-order valence-corrected chi connectivity index (χ1v) is 6.68. The van der Waals surface area contributed by atoms with Gasteiger partial charge in [-0.15, -0.1) is 0 Å². The van der Waals surface area contributed by atoms with Crippen molar-refractivity contribution in [2.24, 2.45) is 5.41 Å². The SMILES string of the molecule is CCC1(CNc2nccc(C(=O)OC)c2N)CCC1. The number of nitrogens with one attached hydrogen (secondary N) is 1. The zero-order chi connectivity index (χ0) is 13.9. The predicted molar refractivity (Wildman–Crippen MR) is 75.1 cm³/mol. The third-order valence-electron chi connectivity index (χ3n) is 4.19. The summed E-state index contributed by atoms with van der Waals surface area (Å²) >= 11 is 0. The van der Waals surface area contributed by atoms with Crippen molar-refractivity contribution in [3.63, 3.8) is 0 Å². The molecule has 1 fully saturated rings. The topological polar surface area (TPSA) is 77.2 Å². The molecule has 1 heterocycles. The Balaban J connectivity index is 2.10. The highest BCUT2D eigenvalue weighted by Gasteiger charge is 2.35. The molecule has 19 heavy (non-hydrogen) atoms. The molecule has 5 nitrogen and oxygen atoms in total. The lowest BCUT2D eigenvalue weighted by Gasteiger charge is -2.41. The van der Waals surface area contributed by atoms with Crippen LogP contribution in [0.4, 0.5) is 11.5 Å². The van der Waals surface area contributed by atoms with E-state index in [9.17, 15) is 4.79 Å². The monoisotopic (exact) mass is 263 g/mol. The molecule has 5 heteroatoms. The largest absolute Gasteiger partial charge is 0.465 e. The van der Waals surface area contributed by atoms with Crippen molar-refractivity contribution in [1.82, 2.24) is 4.98 Å². The summed E-state index contributed by atoms with van der Waals surface area (Å²) in [5.74, 6) is 0.138. The Hall–Kier alpha value is -1.78. The molecule has 3 N–H and O–H groups in total. The van der Waals surface area contributed by atoms with Crippen LogP contribution < -0.4 is 11.1 Å². The molecule has 0 aromatic carbocycles. The normalized spacial score (nSPS) is 16.5. The van der Waals surface area contributed by atoms with Crippen LogP contribution in [0.3, 0.4) is 0 Å². The number of nitrogens with two attached hydrogens (primary N) is 1. The quantitative estimate of drug-likeness (QED) is 0.798. The number of hydrogen-bond acceptors (Lipinski definition) is 5. The van der Waals surface area contributed by atoms with Crippen molar-refractivity contribution in [3.8, 4) is 0 Å². The molecule has 0 atom stereocenters. The van der Waals surface area contributed by atoms with E-state index in [1.807, 2.05) is 0 Å². The third kappa shape index (κ3) is 2.64. The minimum atomic E-state index is -0.434. The van der Waals surface area contributed by atoms with Crippen LogP contribution in [0.1, 0.15) is 43.0 Å². The molecule has 0 unspecified atom stereocenters. The first-order valence-electron chi connectivity index (χ1n) is 6.68. The standard InChI is InChI=1S/C14H21N3O2/c1-3-14(6-4-7-14)9-17-12-11(15)10(5-8-16-12)13(18)19-2/h5,8H,3-4,6-7,9,15H2,1-2H3,(H,16,17). The van der Waals surface area contributed by atoms with Gasteiger partial charge in [-0.2, -0.15) is 0 Å². The number of nitrogens with zero attached hydrogens (tertiary/aromatic N) is 1. The van der Waals surface area contributed by atoms with Gasteiger partial charge in [0.05, 0.1) is 18.4 Å². The maximum Gasteiger partial charge on any atom is 0.340 e. The Labute approximate surface area is 113 Å². The van der Waals surface area contributed by atoms with Crippen molar-refractivity contribution < 1.29 is 9.53 Å². The highest BCUT2D eigenvalue weighted by atomic mass is 16.5. The van der Waals surface area contributed by atoms with Crippen LogP contribution >= 0.6 is 0 Å². The Kier molecular flexibility index (Phi) is 3.93. The van der Waals surface area contributed by atoms with Gasteiger partial charge >= 0.3 is 5.97 Å². The summed E-state index contributed by atoms with van der Waals surface area (Å²) in [5, 5.41) is 3.28. The van der Waals surface area contributed by atoms with Gasteiger partial charge in [0, 0.05) is 12.7 Å². The molecule has 0 bridgehead atoms. The average Bonchev–Trinajstić information content (AvgIpc) is 2.39. The van der Waals surface area contributed by atoms with Gasteiger partial charge in [0.1, 0.15) is 5.82 Å². The minimum absolute atomic E-state index is 0.360. The van der Waals surface area contributed by atoms with Crippen molar-refractivity contribution in [2.45, 2.75) is 32.6 Å². The predicted octanol–water partition coefficient (Wildman–Crippen LogP) is 2.44. The van der Waals surface area contributed by atoms with Gasteiger partial charge in [0.25, 0.3) is 0 Å². The number of hydrogen-bond donors (Lipinski definition) is 2. The van der Waals surface area contributed by atoms with Crippen LogP contribution in [0.15, 0.2) is 12.3 Å². The number of carbonyl (C=O) groups is 1. The number of anilines is 2. The second-order valence-corrected chi connectivity index (χ2v) is 5.17. The first kappa shape index (κ1) is 13.6. The van der Waals surface area contributed by atoms with Crippen molar-refractivity contribution in [1.29, 1.82) is 0 Å². The van der Waals surface area contributed by atoms with E-state index in [1.54, 1.807) is 12.3 Å². The maximum absolute atomic E-state index is 11.6. The van der Waals surface area contributed by atoms with E-state index in [1.165, 1.54) is 26.4 Å². The van der Waals surface area contributed by atoms with Crippen LogP contribution in [0.5, 0.6) is 0 Å². The van der Waals surface area contributed by atoms with E-state index in [-0.39, 0.29) is 0 Å². The number of pyridine rings is 1. The molecule has 1 aliphatic carbocycles. The lowest BCUT2D eigenvalue weighted by molar-refractivity contribution is 0.0602. The van der Waals surface area contributed by atoms with Crippen molar-refractivity contribution >= 4 is 17.5 Å². The van der Waals surface area contributed by atoms with E-state index < -0.39 is 5.97 Å². The molecule has 104 valence electrons. The van der Waals surface area contributed by atoms with Gasteiger partial charge in [0.15, 0.2) is 0 Å². The Morgan fingerprint density at radius 1 is 1.58 bits per heavy atom. The van der Waals surface area contributed by atoms with E-state index in [2.05, 4.69) is 17.2 Å². The highest BCUT2D eigenvalue weighted by molar-refractivity contribution is 5.97. The van der Waals surface area contributed by atoms with Gasteiger partial charge < -0.3 is 15.8 Å². The number of nitrogen functional groups attached to an aromatic ring is 1. The Morgan fingerprint density at radius 3 is 2.84 bits per heavy atom. The summed E-state index contributed by atoms with van der Waals surface area (Å²) in [7, 11) is 1.34. The van der Waals surface area contributed by atoms with Gasteiger partial charge in [-0.05, 0) is 30.7 Å². The number of ether oxygens (including phenoxy) is 1. The summed E-state index contributed by atoms with van der Waals surface area (Å²) < 4.78 is 4.70. The van der Waals surface area contributed by atoms with Crippen LogP contribution in [0.2, 0.25) is 0 Å². The molecule has 0 amide bonds. The van der Waals surface area contributed by atoms with Gasteiger partial charge in [-0.1, -0.05) is 13.3 Å². The second kappa shape index (κ2) is 5.47. The fourth-order valence-electron chi connectivity index (χ4n) is 2.51. The van der Waals surface area contributed by atoms with Crippen molar-refractivity contribution in [3.05, 3.63) is 17.8 Å². The molecule has 0 radical (unpaired) electrons. The van der Waals surface area contributed by atoms with E-state index >= 15 is 0 Å². The maximum atomic E-state index is 11.6. The molecule has 0 spiro atoms. The molecule has 0 saturated heterocycles. The fourth-order valence-corrected chi connectivity index (χ4v) is 2.51. The molecule has 2 rings (SSSR count). The number of esters is 1. The number of rotatable bonds is 5. The van der Waals surface area contributed by atoms with Crippen LogP contribution in [-0.4, -0.2) is 24.6 Å². The Morgan fingerprint density at radius 2 is 2.32 bits per heavy atom. The zero-order valence-corrected chi connectivity index (χ0v) is 11.5. The van der Waals surface area contributed by atoms with Crippen LogP contribution in [0, 0.1) is 5.41 Å². The molecule has 1 aromatic heterocycles. The van der Waals surface area contributed by atoms with Gasteiger partial charge in [0.2, 0.25) is 0 Å². The summed E-state index contributed by atoms with van der Waals surface area (Å²) in [5.41, 5.74) is 7.06. The second-order valence-electron chi connectivity index (χ2n) is 5.17. The summed E-state index contributed by atoms with van der Waals surface area (Å²) in [4.78, 5) is 15.8. The summed E-state index contributed by atoms with van der Waals surface area (Å²) in [6.07, 6.45) is 6.50. The smallest absolute Gasteiger partial charge is 0.340 e. The molecular formula is C14H21N3O2. The lowest BCUT2D eigenvalue weighted by Crippen LogP contribution is -2.36. The molecule has 1 saturated carbocycles. The minimum Gasteiger partial charge on any atom is -0.465 e. The third-order valence-corrected chi connectivity index (χ3v) is 4.19. The van der Waals surface area contributed by atoms with Crippen LogP contribution in [-0.2, 0) is 4.74 Å². The van der Waals surface area contributed by atoms with Crippen LogP contribution in [0.25, 0.3) is 0 Å². The fraction of sp³-hybridized carbons (Fsp3) is 0.571. The van der Waals surface area contributed by atoms with E-state index in [4.69, 9.17) is 10.5 Å². The highest BCUT2D eigenvalue weighted by Crippen LogP contribution is 2.43. The summed E-state index contributed by atoms with van der Waals surface area (Å²) in [6, 6.07) is 1.57. The number of carbonyl (C=O) groups excluding carboxylic acids is 1. The van der Waals surface area contributed by atoms with E-state index in [0.29, 0.717) is 22.5 Å². The molecule has 0 aliphatic heterocycles. The number of methoxy groups -OCH3 is 1. The number of aromatic nitrogens is 1.